The monoisotopic (exact) mass is 237 g/mol. The Balaban J connectivity index is 1.36. The fourth-order valence-electron chi connectivity index (χ4n) is 3.97. The van der Waals surface area contributed by atoms with Crippen LogP contribution in [0.15, 0.2) is 0 Å². The zero-order chi connectivity index (χ0) is 11.9. The summed E-state index contributed by atoms with van der Waals surface area (Å²) >= 11 is 0. The van der Waals surface area contributed by atoms with Crippen LogP contribution in [0.4, 0.5) is 0 Å². The Hall–Kier alpha value is -0.120. The Kier molecular flexibility index (Phi) is 3.18. The molecule has 3 heterocycles. The van der Waals surface area contributed by atoms with Crippen LogP contribution in [-0.4, -0.2) is 74.1 Å². The highest BCUT2D eigenvalue weighted by atomic mass is 15.3. The minimum absolute atomic E-state index is 0.724. The van der Waals surface area contributed by atoms with Crippen molar-refractivity contribution in [2.45, 2.75) is 19.8 Å². The van der Waals surface area contributed by atoms with Gasteiger partial charge in [0.05, 0.1) is 0 Å². The highest BCUT2D eigenvalue weighted by Gasteiger charge is 2.50. The largest absolute Gasteiger partial charge is 0.306 e. The first-order valence-electron chi connectivity index (χ1n) is 7.32. The van der Waals surface area contributed by atoms with Crippen LogP contribution >= 0.6 is 0 Å². The number of piperidine rings is 1. The van der Waals surface area contributed by atoms with Gasteiger partial charge in [-0.3, -0.25) is 0 Å². The molecule has 0 saturated carbocycles. The maximum absolute atomic E-state index is 2.71. The van der Waals surface area contributed by atoms with Crippen LogP contribution in [0, 0.1) is 11.3 Å². The van der Waals surface area contributed by atoms with E-state index in [1.165, 1.54) is 65.2 Å². The number of hydrogen-bond acceptors (Lipinski definition) is 3. The van der Waals surface area contributed by atoms with Crippen molar-refractivity contribution in [1.82, 2.24) is 14.7 Å². The zero-order valence-corrected chi connectivity index (χ0v) is 11.5. The SMILES string of the molecule is CCN1CC2(C1)CN(CC1CCN(C)CC1)C2. The van der Waals surface area contributed by atoms with E-state index in [-0.39, 0.29) is 0 Å². The molecule has 0 bridgehead atoms. The normalized spacial score (nSPS) is 31.4. The lowest BCUT2D eigenvalue weighted by atomic mass is 9.72. The smallest absolute Gasteiger partial charge is 0.0212 e. The van der Waals surface area contributed by atoms with Crippen molar-refractivity contribution in [3.63, 3.8) is 0 Å². The Labute approximate surface area is 106 Å². The molecule has 3 aliphatic heterocycles. The first-order valence-corrected chi connectivity index (χ1v) is 7.32. The van der Waals surface area contributed by atoms with Gasteiger partial charge in [-0.1, -0.05) is 6.92 Å². The van der Waals surface area contributed by atoms with Gasteiger partial charge in [0.2, 0.25) is 0 Å². The van der Waals surface area contributed by atoms with Crippen LogP contribution in [0.3, 0.4) is 0 Å². The molecule has 0 aromatic rings. The lowest BCUT2D eigenvalue weighted by Crippen LogP contribution is -2.72. The molecule has 0 aromatic heterocycles. The average Bonchev–Trinajstić information content (AvgIpc) is 2.22. The molecular weight excluding hydrogens is 210 g/mol. The molecule has 1 spiro atoms. The first-order chi connectivity index (χ1) is 8.19. The molecule has 3 rings (SSSR count). The fraction of sp³-hybridized carbons (Fsp3) is 1.00. The van der Waals surface area contributed by atoms with Crippen LogP contribution < -0.4 is 0 Å². The number of hydrogen-bond donors (Lipinski definition) is 0. The van der Waals surface area contributed by atoms with E-state index in [4.69, 9.17) is 0 Å². The predicted octanol–water partition coefficient (Wildman–Crippen LogP) is 0.966. The van der Waals surface area contributed by atoms with Crippen molar-refractivity contribution in [3.05, 3.63) is 0 Å². The first kappa shape index (κ1) is 11.9. The molecule has 3 heteroatoms. The van der Waals surface area contributed by atoms with Gasteiger partial charge >= 0.3 is 0 Å². The third-order valence-electron chi connectivity index (χ3n) is 5.04. The molecule has 0 aliphatic carbocycles. The van der Waals surface area contributed by atoms with Gasteiger partial charge in [0.15, 0.2) is 0 Å². The topological polar surface area (TPSA) is 9.72 Å². The number of nitrogens with zero attached hydrogens (tertiary/aromatic N) is 3. The minimum Gasteiger partial charge on any atom is -0.306 e. The van der Waals surface area contributed by atoms with Gasteiger partial charge in [-0.25, -0.2) is 0 Å². The summed E-state index contributed by atoms with van der Waals surface area (Å²) in [7, 11) is 2.25. The molecule has 0 atom stereocenters. The molecule has 3 nitrogen and oxygen atoms in total. The van der Waals surface area contributed by atoms with Gasteiger partial charge in [-0.15, -0.1) is 0 Å². The number of likely N-dealkylation sites (tertiary alicyclic amines) is 3. The lowest BCUT2D eigenvalue weighted by molar-refractivity contribution is -0.118. The van der Waals surface area contributed by atoms with Crippen LogP contribution in [0.5, 0.6) is 0 Å². The summed E-state index contributed by atoms with van der Waals surface area (Å²) < 4.78 is 0. The van der Waals surface area contributed by atoms with Crippen LogP contribution in [0.1, 0.15) is 19.8 Å². The summed E-state index contributed by atoms with van der Waals surface area (Å²) in [6.07, 6.45) is 2.84. The Morgan fingerprint density at radius 2 is 1.59 bits per heavy atom. The molecular formula is C14H27N3. The average molecular weight is 237 g/mol. The molecule has 0 radical (unpaired) electrons. The van der Waals surface area contributed by atoms with Crippen molar-refractivity contribution in [1.29, 1.82) is 0 Å². The van der Waals surface area contributed by atoms with E-state index < -0.39 is 0 Å². The highest BCUT2D eigenvalue weighted by molar-refractivity contribution is 5.05. The lowest BCUT2D eigenvalue weighted by Gasteiger charge is -2.61. The van der Waals surface area contributed by atoms with Crippen LogP contribution in [0.25, 0.3) is 0 Å². The van der Waals surface area contributed by atoms with E-state index in [2.05, 4.69) is 28.7 Å². The minimum atomic E-state index is 0.724. The maximum Gasteiger partial charge on any atom is 0.0212 e. The third kappa shape index (κ3) is 2.38. The molecule has 3 fully saturated rings. The van der Waals surface area contributed by atoms with Crippen molar-refractivity contribution >= 4 is 0 Å². The molecule has 3 saturated heterocycles. The third-order valence-corrected chi connectivity index (χ3v) is 5.04. The Morgan fingerprint density at radius 3 is 2.18 bits per heavy atom. The Bertz CT molecular complexity index is 257. The van der Waals surface area contributed by atoms with Crippen molar-refractivity contribution in [3.8, 4) is 0 Å². The van der Waals surface area contributed by atoms with Gasteiger partial charge < -0.3 is 14.7 Å². The van der Waals surface area contributed by atoms with Crippen molar-refractivity contribution in [2.24, 2.45) is 11.3 Å². The predicted molar refractivity (Wildman–Crippen MR) is 71.2 cm³/mol. The molecule has 98 valence electrons. The van der Waals surface area contributed by atoms with Gasteiger partial charge in [0.1, 0.15) is 0 Å². The standard InChI is InChI=1S/C14H27N3/c1-3-16-9-14(10-16)11-17(12-14)8-13-4-6-15(2)7-5-13/h13H,3-12H2,1-2H3. The summed E-state index contributed by atoms with van der Waals surface area (Å²) in [5.74, 6) is 0.978. The Morgan fingerprint density at radius 1 is 1.00 bits per heavy atom. The molecule has 17 heavy (non-hydrogen) atoms. The zero-order valence-electron chi connectivity index (χ0n) is 11.5. The van der Waals surface area contributed by atoms with Crippen LogP contribution in [0.2, 0.25) is 0 Å². The van der Waals surface area contributed by atoms with Gasteiger partial charge in [0.25, 0.3) is 0 Å². The summed E-state index contributed by atoms with van der Waals surface area (Å²) in [6, 6.07) is 0. The summed E-state index contributed by atoms with van der Waals surface area (Å²) in [5, 5.41) is 0. The molecule has 3 aliphatic rings. The van der Waals surface area contributed by atoms with E-state index >= 15 is 0 Å². The second-order valence-electron chi connectivity index (χ2n) is 6.72. The van der Waals surface area contributed by atoms with Gasteiger partial charge in [-0.2, -0.15) is 0 Å². The maximum atomic E-state index is 2.71. The number of rotatable bonds is 3. The summed E-state index contributed by atoms with van der Waals surface area (Å²) in [6.45, 7) is 13.0. The van der Waals surface area contributed by atoms with Gasteiger partial charge in [-0.05, 0) is 45.4 Å². The summed E-state index contributed by atoms with van der Waals surface area (Å²) in [5.41, 5.74) is 0.724. The van der Waals surface area contributed by atoms with Crippen LogP contribution in [-0.2, 0) is 0 Å². The quantitative estimate of drug-likeness (QED) is 0.724. The summed E-state index contributed by atoms with van der Waals surface area (Å²) in [4.78, 5) is 7.76. The molecule has 0 amide bonds. The molecule has 0 N–H and O–H groups in total. The van der Waals surface area contributed by atoms with E-state index in [0.717, 1.165) is 11.3 Å². The van der Waals surface area contributed by atoms with Gasteiger partial charge in [0, 0.05) is 38.1 Å². The van der Waals surface area contributed by atoms with E-state index in [9.17, 15) is 0 Å². The van der Waals surface area contributed by atoms with E-state index in [0.29, 0.717) is 0 Å². The van der Waals surface area contributed by atoms with E-state index in [1.54, 1.807) is 0 Å². The van der Waals surface area contributed by atoms with Crippen molar-refractivity contribution < 1.29 is 0 Å². The fourth-order valence-corrected chi connectivity index (χ4v) is 3.97. The molecule has 0 aromatic carbocycles. The molecule has 0 unspecified atom stereocenters. The second kappa shape index (κ2) is 4.52. The highest BCUT2D eigenvalue weighted by Crippen LogP contribution is 2.39. The van der Waals surface area contributed by atoms with Crippen molar-refractivity contribution in [2.75, 3.05) is 59.4 Å². The second-order valence-corrected chi connectivity index (χ2v) is 6.72. The van der Waals surface area contributed by atoms with E-state index in [1.807, 2.05) is 0 Å².